The number of nitrogens with one attached hydrogen (secondary N) is 4. The van der Waals surface area contributed by atoms with E-state index in [1.807, 2.05) is 64.2 Å². The molecule has 11 heteroatoms. The lowest BCUT2D eigenvalue weighted by Crippen LogP contribution is -2.57. The smallest absolute Gasteiger partial charge is 0.247 e. The number of amides is 2. The minimum absolute atomic E-state index is 0. The number of benzene rings is 2. The lowest BCUT2D eigenvalue weighted by Gasteiger charge is -2.36. The fraction of sp³-hybridized carbons (Fsp3) is 0.467. The molecule has 1 aliphatic rings. The van der Waals surface area contributed by atoms with Gasteiger partial charge >= 0.3 is 0 Å². The van der Waals surface area contributed by atoms with Crippen LogP contribution in [0.4, 0.5) is 17.2 Å². The average Bonchev–Trinajstić information content (AvgIpc) is 3.43. The van der Waals surface area contributed by atoms with Crippen molar-refractivity contribution >= 4 is 52.3 Å². The maximum absolute atomic E-state index is 13.8. The van der Waals surface area contributed by atoms with Gasteiger partial charge in [-0.05, 0) is 50.4 Å². The molecule has 0 saturated carbocycles. The molecular formula is C30H42ClN7O3. The largest absolute Gasteiger partial charge is 0.494 e. The SMILES string of the molecule is CN[C@@H](C)CN[C@H](C(=O)N1CCC[C@H]1C(=O)Nc1cc2c(Nc3ccccc3)ncnc2cc1OC)C(C)(C)C.Cl. The Morgan fingerprint density at radius 3 is 2.54 bits per heavy atom. The van der Waals surface area contributed by atoms with Crippen molar-refractivity contribution in [2.45, 2.75) is 58.7 Å². The van der Waals surface area contributed by atoms with Crippen LogP contribution in [0.5, 0.6) is 5.75 Å². The highest BCUT2D eigenvalue weighted by Gasteiger charge is 2.41. The van der Waals surface area contributed by atoms with Gasteiger partial charge in [-0.15, -0.1) is 12.4 Å². The highest BCUT2D eigenvalue weighted by atomic mass is 35.5. The van der Waals surface area contributed by atoms with E-state index in [1.165, 1.54) is 6.33 Å². The molecule has 1 saturated heterocycles. The first-order valence-corrected chi connectivity index (χ1v) is 13.8. The Kier molecular flexibility index (Phi) is 10.9. The summed E-state index contributed by atoms with van der Waals surface area (Å²) >= 11 is 0. The predicted octanol–water partition coefficient (Wildman–Crippen LogP) is 4.35. The summed E-state index contributed by atoms with van der Waals surface area (Å²) in [6.45, 7) is 9.37. The van der Waals surface area contributed by atoms with Gasteiger partial charge in [0.05, 0.1) is 24.4 Å². The summed E-state index contributed by atoms with van der Waals surface area (Å²) < 4.78 is 5.61. The van der Waals surface area contributed by atoms with Crippen LogP contribution in [0.1, 0.15) is 40.5 Å². The Hall–Kier alpha value is -3.47. The standard InChI is InChI=1S/C30H41N7O3.ClH/c1-19(31-5)17-32-26(30(2,3)4)29(39)37-14-10-13-24(37)28(38)36-23-15-21-22(16-25(23)40-6)33-18-34-27(21)35-20-11-8-7-9-12-20;/h7-9,11-12,15-16,18-19,24,26,31-32H,10,13-14,17H2,1-6H3,(H,36,38)(H,33,34,35);1H/t19-,24-,26+;/m0./s1. The van der Waals surface area contributed by atoms with Crippen molar-refractivity contribution in [1.29, 1.82) is 0 Å². The molecule has 3 atom stereocenters. The number of hydrogen-bond donors (Lipinski definition) is 4. The number of nitrogens with zero attached hydrogens (tertiary/aromatic N) is 3. The van der Waals surface area contributed by atoms with Gasteiger partial charge in [0.1, 0.15) is 23.9 Å². The molecule has 2 amide bonds. The number of rotatable bonds is 10. The van der Waals surface area contributed by atoms with Crippen molar-refractivity contribution in [2.24, 2.45) is 5.41 Å². The van der Waals surface area contributed by atoms with Crippen LogP contribution in [0.25, 0.3) is 10.9 Å². The van der Waals surface area contributed by atoms with E-state index in [4.69, 9.17) is 4.74 Å². The number of anilines is 3. The van der Waals surface area contributed by atoms with Crippen LogP contribution in [-0.4, -0.2) is 72.1 Å². The number of carbonyl (C=O) groups is 2. The Labute approximate surface area is 248 Å². The van der Waals surface area contributed by atoms with Gasteiger partial charge in [0, 0.05) is 36.3 Å². The van der Waals surface area contributed by atoms with Crippen LogP contribution in [0.2, 0.25) is 0 Å². The fourth-order valence-corrected chi connectivity index (χ4v) is 4.95. The molecule has 4 rings (SSSR count). The Morgan fingerprint density at radius 1 is 1.15 bits per heavy atom. The lowest BCUT2D eigenvalue weighted by atomic mass is 9.85. The molecule has 3 aromatic rings. The van der Waals surface area contributed by atoms with Gasteiger partial charge in [-0.2, -0.15) is 0 Å². The number of halogens is 1. The summed E-state index contributed by atoms with van der Waals surface area (Å²) in [6, 6.07) is 12.5. The van der Waals surface area contributed by atoms with E-state index in [0.29, 0.717) is 42.3 Å². The van der Waals surface area contributed by atoms with Crippen LogP contribution in [0.3, 0.4) is 0 Å². The first-order chi connectivity index (χ1) is 19.1. The maximum atomic E-state index is 13.8. The highest BCUT2D eigenvalue weighted by molar-refractivity contribution is 6.02. The first-order valence-electron chi connectivity index (χ1n) is 13.8. The molecule has 41 heavy (non-hydrogen) atoms. The first kappa shape index (κ1) is 32.0. The van der Waals surface area contributed by atoms with Gasteiger partial charge < -0.3 is 30.9 Å². The number of likely N-dealkylation sites (tertiary alicyclic amines) is 1. The van der Waals surface area contributed by atoms with Crippen molar-refractivity contribution in [1.82, 2.24) is 25.5 Å². The number of ether oxygens (including phenoxy) is 1. The maximum Gasteiger partial charge on any atom is 0.247 e. The monoisotopic (exact) mass is 583 g/mol. The summed E-state index contributed by atoms with van der Waals surface area (Å²) in [4.78, 5) is 38.0. The molecule has 10 nitrogen and oxygen atoms in total. The van der Waals surface area contributed by atoms with Gasteiger partial charge in [0.2, 0.25) is 11.8 Å². The zero-order valence-electron chi connectivity index (χ0n) is 24.7. The molecule has 0 spiro atoms. The number of para-hydroxylation sites is 1. The third-order valence-electron chi connectivity index (χ3n) is 7.32. The normalized spacial score (nSPS) is 16.5. The highest BCUT2D eigenvalue weighted by Crippen LogP contribution is 2.34. The molecule has 222 valence electrons. The quantitative estimate of drug-likeness (QED) is 0.278. The van der Waals surface area contributed by atoms with Gasteiger partial charge in [0.25, 0.3) is 0 Å². The molecule has 2 heterocycles. The zero-order valence-corrected chi connectivity index (χ0v) is 25.5. The Bertz CT molecular complexity index is 1330. The molecule has 0 bridgehead atoms. The number of fused-ring (bicyclic) bond motifs is 1. The van der Waals surface area contributed by atoms with Crippen LogP contribution in [0.15, 0.2) is 48.8 Å². The van der Waals surface area contributed by atoms with E-state index in [9.17, 15) is 9.59 Å². The van der Waals surface area contributed by atoms with Crippen LogP contribution in [0, 0.1) is 5.41 Å². The van der Waals surface area contributed by atoms with E-state index < -0.39 is 12.1 Å². The number of methoxy groups -OCH3 is 1. The Balaban J connectivity index is 0.00000462. The second-order valence-corrected chi connectivity index (χ2v) is 11.4. The van der Waals surface area contributed by atoms with E-state index in [0.717, 1.165) is 17.5 Å². The second-order valence-electron chi connectivity index (χ2n) is 11.4. The van der Waals surface area contributed by atoms with E-state index in [-0.39, 0.29) is 35.7 Å². The van der Waals surface area contributed by atoms with Gasteiger partial charge in [-0.3, -0.25) is 9.59 Å². The molecule has 0 aliphatic carbocycles. The van der Waals surface area contributed by atoms with Crippen molar-refractivity contribution < 1.29 is 14.3 Å². The van der Waals surface area contributed by atoms with E-state index >= 15 is 0 Å². The predicted molar refractivity (Wildman–Crippen MR) is 166 cm³/mol. The molecule has 0 unspecified atom stereocenters. The molecule has 1 fully saturated rings. The average molecular weight is 584 g/mol. The summed E-state index contributed by atoms with van der Waals surface area (Å²) in [5, 5.41) is 13.7. The third kappa shape index (κ3) is 7.63. The van der Waals surface area contributed by atoms with E-state index in [2.05, 4.69) is 38.2 Å². The van der Waals surface area contributed by atoms with Crippen LogP contribution < -0.4 is 26.0 Å². The summed E-state index contributed by atoms with van der Waals surface area (Å²) in [5.74, 6) is 0.800. The van der Waals surface area contributed by atoms with Crippen LogP contribution in [-0.2, 0) is 9.59 Å². The molecule has 4 N–H and O–H groups in total. The van der Waals surface area contributed by atoms with Crippen LogP contribution >= 0.6 is 12.4 Å². The third-order valence-corrected chi connectivity index (χ3v) is 7.32. The van der Waals surface area contributed by atoms with Crippen molar-refractivity contribution in [3.05, 3.63) is 48.8 Å². The number of hydrogen-bond acceptors (Lipinski definition) is 8. The molecular weight excluding hydrogens is 542 g/mol. The fourth-order valence-electron chi connectivity index (χ4n) is 4.95. The van der Waals surface area contributed by atoms with E-state index in [1.54, 1.807) is 18.1 Å². The molecule has 1 aliphatic heterocycles. The van der Waals surface area contributed by atoms with Crippen molar-refractivity contribution in [3.63, 3.8) is 0 Å². The zero-order chi connectivity index (χ0) is 28.9. The summed E-state index contributed by atoms with van der Waals surface area (Å²) in [7, 11) is 3.45. The minimum atomic E-state index is -0.574. The number of carbonyl (C=O) groups excluding carboxylic acids is 2. The van der Waals surface area contributed by atoms with Gasteiger partial charge in [0.15, 0.2) is 0 Å². The minimum Gasteiger partial charge on any atom is -0.494 e. The molecule has 2 aromatic carbocycles. The van der Waals surface area contributed by atoms with Gasteiger partial charge in [-0.1, -0.05) is 39.0 Å². The molecule has 0 radical (unpaired) electrons. The summed E-state index contributed by atoms with van der Waals surface area (Å²) in [5.41, 5.74) is 1.74. The van der Waals surface area contributed by atoms with Crippen molar-refractivity contribution in [3.8, 4) is 5.75 Å². The topological polar surface area (TPSA) is 121 Å². The molecule has 1 aromatic heterocycles. The summed E-state index contributed by atoms with van der Waals surface area (Å²) in [6.07, 6.45) is 2.85. The van der Waals surface area contributed by atoms with Gasteiger partial charge in [-0.25, -0.2) is 9.97 Å². The lowest BCUT2D eigenvalue weighted by molar-refractivity contribution is -0.140. The second kappa shape index (κ2) is 13.9. The number of aromatic nitrogens is 2. The Morgan fingerprint density at radius 2 is 1.88 bits per heavy atom. The van der Waals surface area contributed by atoms with Crippen molar-refractivity contribution in [2.75, 3.05) is 37.9 Å². The number of likely N-dealkylation sites (N-methyl/N-ethyl adjacent to an activating group) is 1.